The fourth-order valence-corrected chi connectivity index (χ4v) is 9.22. The van der Waals surface area contributed by atoms with Gasteiger partial charge in [0.2, 0.25) is 10.0 Å². The molecule has 1 heterocycles. The first-order valence-electron chi connectivity index (χ1n) is 16.6. The summed E-state index contributed by atoms with van der Waals surface area (Å²) in [5.41, 5.74) is 4.08. The molecule has 3 rings (SSSR count). The summed E-state index contributed by atoms with van der Waals surface area (Å²) in [5.74, 6) is 0.332. The third-order valence-electron chi connectivity index (χ3n) is 9.08. The van der Waals surface area contributed by atoms with Gasteiger partial charge in [-0.2, -0.15) is 4.31 Å². The van der Waals surface area contributed by atoms with E-state index in [1.54, 1.807) is 9.21 Å². The van der Waals surface area contributed by atoms with Crippen LogP contribution in [0.5, 0.6) is 0 Å². The van der Waals surface area contributed by atoms with Crippen molar-refractivity contribution >= 4 is 16.1 Å². The van der Waals surface area contributed by atoms with Crippen LogP contribution >= 0.6 is 0 Å². The number of sulfonamides is 1. The largest absolute Gasteiger partial charge is 0.445 e. The fourth-order valence-electron chi connectivity index (χ4n) is 6.74. The van der Waals surface area contributed by atoms with Gasteiger partial charge in [0.1, 0.15) is 12.8 Å². The number of carbonyl (C=O) groups is 1. The lowest BCUT2D eigenvalue weighted by atomic mass is 9.82. The minimum Gasteiger partial charge on any atom is -0.445 e. The number of amides is 1. The highest BCUT2D eigenvalue weighted by molar-refractivity contribution is 7.89. The van der Waals surface area contributed by atoms with Gasteiger partial charge in [0.05, 0.1) is 17.5 Å². The molecule has 0 aromatic heterocycles. The second-order valence-corrected chi connectivity index (χ2v) is 15.7. The molecule has 0 unspecified atom stereocenters. The lowest BCUT2D eigenvalue weighted by Gasteiger charge is -2.37. The van der Waals surface area contributed by atoms with Crippen LogP contribution in [-0.4, -0.2) is 61.3 Å². The highest BCUT2D eigenvalue weighted by atomic mass is 32.2. The Bertz CT molecular complexity index is 1200. The van der Waals surface area contributed by atoms with Gasteiger partial charge in [-0.3, -0.25) is 0 Å². The zero-order valence-electron chi connectivity index (χ0n) is 28.6. The monoisotopic (exact) mass is 618 g/mol. The van der Waals surface area contributed by atoms with Crippen molar-refractivity contribution in [3.05, 3.63) is 40.5 Å². The van der Waals surface area contributed by atoms with E-state index in [0.29, 0.717) is 23.8 Å². The molecule has 0 radical (unpaired) electrons. The molecule has 244 valence electrons. The third kappa shape index (κ3) is 7.85. The Morgan fingerprint density at radius 2 is 1.56 bits per heavy atom. The molecule has 2 aliphatic rings. The predicted octanol–water partition coefficient (Wildman–Crippen LogP) is 8.55. The van der Waals surface area contributed by atoms with Crippen molar-refractivity contribution in [2.24, 2.45) is 5.92 Å². The van der Waals surface area contributed by atoms with E-state index in [4.69, 9.17) is 9.47 Å². The standard InChI is InChI=1S/C35H58N2O5S/c1-12-29-21-42-34(30-16-14-13-15-27(30)17-18-41-35(38)36(25(8)9)26(10)11)37(29)43(39,40)33-31(23(4)5)19-28(22(2)3)20-32(33)24(6)7/h17,19-20,22-26,29-30,34H,12-16,18,21H2,1-11H3/b27-17-/t29-,30-,34-/m1/s1. The first-order valence-corrected chi connectivity index (χ1v) is 18.0. The van der Waals surface area contributed by atoms with E-state index in [1.807, 2.05) is 40.7 Å². The highest BCUT2D eigenvalue weighted by Crippen LogP contribution is 2.43. The molecule has 7 nitrogen and oxygen atoms in total. The van der Waals surface area contributed by atoms with Crippen LogP contribution in [0.25, 0.3) is 0 Å². The first kappa shape index (κ1) is 35.6. The number of rotatable bonds is 11. The van der Waals surface area contributed by atoms with Crippen molar-refractivity contribution in [3.8, 4) is 0 Å². The zero-order valence-corrected chi connectivity index (χ0v) is 29.5. The average Bonchev–Trinajstić information content (AvgIpc) is 3.37. The van der Waals surface area contributed by atoms with Gasteiger partial charge in [0.25, 0.3) is 0 Å². The second-order valence-electron chi connectivity index (χ2n) is 13.9. The van der Waals surface area contributed by atoms with Gasteiger partial charge in [-0.1, -0.05) is 72.6 Å². The Labute approximate surface area is 262 Å². The fraction of sp³-hybridized carbons (Fsp3) is 0.743. The maximum atomic E-state index is 15.0. The van der Waals surface area contributed by atoms with E-state index in [2.05, 4.69) is 53.7 Å². The van der Waals surface area contributed by atoms with Crippen molar-refractivity contribution in [1.29, 1.82) is 0 Å². The molecule has 1 amide bonds. The third-order valence-corrected chi connectivity index (χ3v) is 11.1. The molecule has 0 spiro atoms. The van der Waals surface area contributed by atoms with Gasteiger partial charge < -0.3 is 14.4 Å². The molecule has 1 saturated heterocycles. The number of benzene rings is 1. The van der Waals surface area contributed by atoms with Crippen molar-refractivity contribution in [3.63, 3.8) is 0 Å². The summed E-state index contributed by atoms with van der Waals surface area (Å²) >= 11 is 0. The van der Waals surface area contributed by atoms with Crippen LogP contribution in [0.4, 0.5) is 4.79 Å². The van der Waals surface area contributed by atoms with Crippen LogP contribution in [-0.2, 0) is 19.5 Å². The molecule has 1 aliphatic heterocycles. The molecule has 43 heavy (non-hydrogen) atoms. The van der Waals surface area contributed by atoms with Gasteiger partial charge in [-0.25, -0.2) is 13.2 Å². The quantitative estimate of drug-likeness (QED) is 0.232. The van der Waals surface area contributed by atoms with Crippen LogP contribution in [0.1, 0.15) is 143 Å². The van der Waals surface area contributed by atoms with Crippen LogP contribution < -0.4 is 0 Å². The molecular weight excluding hydrogens is 560 g/mol. The molecule has 1 aliphatic carbocycles. The number of hydrogen-bond acceptors (Lipinski definition) is 5. The Hall–Kier alpha value is -1.90. The van der Waals surface area contributed by atoms with Crippen LogP contribution in [0.2, 0.25) is 0 Å². The van der Waals surface area contributed by atoms with Crippen molar-refractivity contribution in [1.82, 2.24) is 9.21 Å². The Balaban J connectivity index is 2.03. The van der Waals surface area contributed by atoms with E-state index in [0.717, 1.165) is 42.4 Å². The van der Waals surface area contributed by atoms with Crippen molar-refractivity contribution in [2.75, 3.05) is 13.2 Å². The molecule has 8 heteroatoms. The minimum atomic E-state index is -3.89. The Morgan fingerprint density at radius 1 is 0.977 bits per heavy atom. The first-order chi connectivity index (χ1) is 20.1. The molecule has 0 N–H and O–H groups in total. The number of ether oxygens (including phenoxy) is 2. The normalized spacial score (nSPS) is 23.0. The summed E-state index contributed by atoms with van der Waals surface area (Å²) in [7, 11) is -3.89. The summed E-state index contributed by atoms with van der Waals surface area (Å²) in [6.07, 6.45) is 5.52. The zero-order chi connectivity index (χ0) is 32.2. The number of carbonyl (C=O) groups excluding carboxylic acids is 1. The Kier molecular flexibility index (Phi) is 12.3. The minimum absolute atomic E-state index is 0.0419. The van der Waals surface area contributed by atoms with Crippen LogP contribution in [0.15, 0.2) is 28.7 Å². The van der Waals surface area contributed by atoms with E-state index in [-0.39, 0.29) is 48.6 Å². The van der Waals surface area contributed by atoms with Crippen LogP contribution in [0, 0.1) is 5.92 Å². The van der Waals surface area contributed by atoms with Gasteiger partial charge >= 0.3 is 6.09 Å². The number of nitrogens with zero attached hydrogens (tertiary/aromatic N) is 2. The summed E-state index contributed by atoms with van der Waals surface area (Å²) < 4.78 is 43.7. The molecule has 0 bridgehead atoms. The van der Waals surface area contributed by atoms with Crippen molar-refractivity contribution in [2.45, 2.75) is 155 Å². The van der Waals surface area contributed by atoms with E-state index >= 15 is 0 Å². The van der Waals surface area contributed by atoms with Gasteiger partial charge in [-0.05, 0) is 93.9 Å². The highest BCUT2D eigenvalue weighted by Gasteiger charge is 2.48. The van der Waals surface area contributed by atoms with Gasteiger partial charge in [0, 0.05) is 18.0 Å². The topological polar surface area (TPSA) is 76.2 Å². The lowest BCUT2D eigenvalue weighted by Crippen LogP contribution is -2.46. The SMILES string of the molecule is CC[C@@H]1CO[C@H]([C@@H]2CCCC/C2=C/COC(=O)N(C(C)C)C(C)C)N1S(=O)(=O)c1c(C(C)C)cc(C(C)C)cc1C(C)C. The summed E-state index contributed by atoms with van der Waals surface area (Å²) in [4.78, 5) is 15.0. The van der Waals surface area contributed by atoms with Crippen LogP contribution in [0.3, 0.4) is 0 Å². The second kappa shape index (κ2) is 14.9. The molecule has 1 saturated carbocycles. The molecule has 3 atom stereocenters. The molecule has 2 fully saturated rings. The number of hydrogen-bond donors (Lipinski definition) is 0. The Morgan fingerprint density at radius 3 is 2.05 bits per heavy atom. The smallest absolute Gasteiger partial charge is 0.410 e. The van der Waals surface area contributed by atoms with E-state index in [1.165, 1.54) is 5.56 Å². The summed E-state index contributed by atoms with van der Waals surface area (Å²) in [6.45, 7) is 23.2. The van der Waals surface area contributed by atoms with Gasteiger partial charge in [0.15, 0.2) is 0 Å². The van der Waals surface area contributed by atoms with E-state index < -0.39 is 16.3 Å². The van der Waals surface area contributed by atoms with Crippen molar-refractivity contribution < 1.29 is 22.7 Å². The summed E-state index contributed by atoms with van der Waals surface area (Å²) in [5, 5.41) is 0. The predicted molar refractivity (Wildman–Crippen MR) is 175 cm³/mol. The average molecular weight is 619 g/mol. The molecular formula is C35H58N2O5S. The summed E-state index contributed by atoms with van der Waals surface area (Å²) in [6, 6.07) is 4.07. The lowest BCUT2D eigenvalue weighted by molar-refractivity contribution is 0.0220. The molecule has 1 aromatic rings. The molecule has 1 aromatic carbocycles. The maximum Gasteiger partial charge on any atom is 0.410 e. The van der Waals surface area contributed by atoms with E-state index in [9.17, 15) is 13.2 Å². The maximum absolute atomic E-state index is 15.0. The van der Waals surface area contributed by atoms with Gasteiger partial charge in [-0.15, -0.1) is 0 Å².